The van der Waals surface area contributed by atoms with Crippen molar-refractivity contribution in [1.29, 1.82) is 0 Å². The van der Waals surface area contributed by atoms with E-state index in [1.54, 1.807) is 52.3 Å². The van der Waals surface area contributed by atoms with Gasteiger partial charge in [0, 0.05) is 38.7 Å². The largest absolute Gasteiger partial charge is 0.495 e. The summed E-state index contributed by atoms with van der Waals surface area (Å²) in [6.45, 7) is 3.91. The molecule has 12 heteroatoms. The number of para-hydroxylation sites is 2. The van der Waals surface area contributed by atoms with Crippen LogP contribution in [0, 0.1) is 0 Å². The molecule has 0 spiro atoms. The Hall–Kier alpha value is -4.58. The zero-order chi connectivity index (χ0) is 35.1. The number of amides is 2. The average molecular weight is 691 g/mol. The first-order valence-electron chi connectivity index (χ1n) is 16.4. The van der Waals surface area contributed by atoms with E-state index in [1.807, 2.05) is 47.6 Å². The highest BCUT2D eigenvalue weighted by Crippen LogP contribution is 2.50. The molecule has 262 valence electrons. The Morgan fingerprint density at radius 3 is 2.29 bits per heavy atom. The summed E-state index contributed by atoms with van der Waals surface area (Å²) >= 11 is 1.65. The molecule has 0 bridgehead atoms. The third kappa shape index (κ3) is 7.69. The fourth-order valence-corrected chi connectivity index (χ4v) is 7.26. The molecule has 1 saturated heterocycles. The summed E-state index contributed by atoms with van der Waals surface area (Å²) in [5.41, 5.74) is 4.15. The second-order valence-corrected chi connectivity index (χ2v) is 13.0. The Labute approximate surface area is 292 Å². The Morgan fingerprint density at radius 1 is 0.918 bits per heavy atom. The fourth-order valence-electron chi connectivity index (χ4n) is 6.79. The van der Waals surface area contributed by atoms with Gasteiger partial charge in [-0.15, -0.1) is 0 Å². The molecule has 2 atom stereocenters. The van der Waals surface area contributed by atoms with E-state index in [4.69, 9.17) is 18.9 Å². The monoisotopic (exact) mass is 690 g/mol. The van der Waals surface area contributed by atoms with E-state index in [-0.39, 0.29) is 17.2 Å². The number of fused-ring (bicyclic) bond motifs is 3. The van der Waals surface area contributed by atoms with Crippen LogP contribution in [0.25, 0.3) is 11.1 Å². The van der Waals surface area contributed by atoms with Gasteiger partial charge in [0.25, 0.3) is 0 Å². The van der Waals surface area contributed by atoms with Gasteiger partial charge in [0.05, 0.1) is 45.9 Å². The number of thioether (sulfide) groups is 1. The van der Waals surface area contributed by atoms with E-state index in [1.165, 1.54) is 6.92 Å². The molecule has 3 aromatic rings. The van der Waals surface area contributed by atoms with E-state index in [0.717, 1.165) is 33.9 Å². The first-order chi connectivity index (χ1) is 23.7. The Balaban J connectivity index is 1.49. The second kappa shape index (κ2) is 16.2. The number of hydrogen-bond donors (Lipinski definition) is 2. The Morgan fingerprint density at radius 2 is 1.63 bits per heavy atom. The van der Waals surface area contributed by atoms with Gasteiger partial charge >= 0.3 is 0 Å². The van der Waals surface area contributed by atoms with Crippen LogP contribution in [0.1, 0.15) is 36.9 Å². The molecule has 3 aromatic carbocycles. The minimum atomic E-state index is -0.600. The molecule has 0 saturated carbocycles. The molecule has 1 aliphatic carbocycles. The van der Waals surface area contributed by atoms with Crippen molar-refractivity contribution in [3.8, 4) is 34.1 Å². The molecule has 1 aliphatic heterocycles. The van der Waals surface area contributed by atoms with E-state index in [2.05, 4.69) is 15.5 Å². The predicted molar refractivity (Wildman–Crippen MR) is 195 cm³/mol. The number of rotatable bonds is 12. The summed E-state index contributed by atoms with van der Waals surface area (Å²) < 4.78 is 22.8. The van der Waals surface area contributed by atoms with E-state index >= 15 is 0 Å². The maximum atomic E-state index is 14.0. The van der Waals surface area contributed by atoms with Gasteiger partial charge in [0.15, 0.2) is 11.5 Å². The van der Waals surface area contributed by atoms with Crippen molar-refractivity contribution < 1.29 is 28.5 Å². The first kappa shape index (κ1) is 35.7. The summed E-state index contributed by atoms with van der Waals surface area (Å²) in [6, 6.07) is 14.0. The van der Waals surface area contributed by atoms with Crippen molar-refractivity contribution in [2.24, 2.45) is 0 Å². The zero-order valence-electron chi connectivity index (χ0n) is 29.1. The van der Waals surface area contributed by atoms with Crippen LogP contribution < -0.4 is 39.9 Å². The number of carbonyl (C=O) groups is 2. The van der Waals surface area contributed by atoms with Crippen molar-refractivity contribution in [2.45, 2.75) is 38.3 Å². The topological polar surface area (TPSA) is 119 Å². The lowest BCUT2D eigenvalue weighted by atomic mass is 9.95. The smallest absolute Gasteiger partial charge is 0.245 e. The van der Waals surface area contributed by atoms with Gasteiger partial charge in [-0.3, -0.25) is 14.4 Å². The fraction of sp³-hybridized carbons (Fsp3) is 0.432. The normalized spacial score (nSPS) is 16.0. The summed E-state index contributed by atoms with van der Waals surface area (Å²) in [5.74, 6) is 2.76. The molecule has 2 amide bonds. The number of methoxy groups -OCH3 is 4. The molecule has 2 aliphatic rings. The minimum Gasteiger partial charge on any atom is -0.495 e. The van der Waals surface area contributed by atoms with Crippen LogP contribution in [0.15, 0.2) is 53.3 Å². The SMILES string of the molecule is COc1ccccc1N1CCN(C(=O)C(CCSC)Nc2ccc3c(cc2=O)C(NC(C)=O)CCc2cc(OC)c(OC)c(OC)c2-3)CC1. The van der Waals surface area contributed by atoms with Crippen LogP contribution in [0.2, 0.25) is 0 Å². The summed E-state index contributed by atoms with van der Waals surface area (Å²) in [7, 11) is 6.36. The molecule has 2 unspecified atom stereocenters. The highest BCUT2D eigenvalue weighted by atomic mass is 32.2. The zero-order valence-corrected chi connectivity index (χ0v) is 29.9. The van der Waals surface area contributed by atoms with Crippen LogP contribution in [-0.2, 0) is 16.0 Å². The van der Waals surface area contributed by atoms with Crippen LogP contribution in [0.5, 0.6) is 23.0 Å². The summed E-state index contributed by atoms with van der Waals surface area (Å²) in [4.78, 5) is 44.5. The first-order valence-corrected chi connectivity index (χ1v) is 17.8. The third-order valence-electron chi connectivity index (χ3n) is 9.17. The molecule has 0 aromatic heterocycles. The quantitative estimate of drug-likeness (QED) is 0.276. The van der Waals surface area contributed by atoms with Gasteiger partial charge in [-0.2, -0.15) is 11.8 Å². The molecule has 1 fully saturated rings. The predicted octanol–water partition coefficient (Wildman–Crippen LogP) is 4.75. The number of hydrogen-bond acceptors (Lipinski definition) is 10. The molecular formula is C37H46N4O7S. The molecule has 1 heterocycles. The molecule has 11 nitrogen and oxygen atoms in total. The highest BCUT2D eigenvalue weighted by molar-refractivity contribution is 7.98. The lowest BCUT2D eigenvalue weighted by Gasteiger charge is -2.38. The van der Waals surface area contributed by atoms with Gasteiger partial charge in [-0.25, -0.2) is 0 Å². The number of carbonyl (C=O) groups excluding carboxylic acids is 2. The summed E-state index contributed by atoms with van der Waals surface area (Å²) in [5, 5.41) is 6.38. The van der Waals surface area contributed by atoms with Crippen LogP contribution in [0.4, 0.5) is 11.4 Å². The molecule has 5 rings (SSSR count). The number of anilines is 2. The van der Waals surface area contributed by atoms with Gasteiger partial charge < -0.3 is 39.4 Å². The Kier molecular flexibility index (Phi) is 11.8. The van der Waals surface area contributed by atoms with Gasteiger partial charge in [0.1, 0.15) is 11.8 Å². The molecule has 49 heavy (non-hydrogen) atoms. The maximum absolute atomic E-state index is 14.0. The number of benzene rings is 2. The van der Waals surface area contributed by atoms with E-state index in [9.17, 15) is 14.4 Å². The number of nitrogens with zero attached hydrogens (tertiary/aromatic N) is 2. The highest BCUT2D eigenvalue weighted by Gasteiger charge is 2.31. The number of piperazine rings is 1. The third-order valence-corrected chi connectivity index (χ3v) is 9.82. The van der Waals surface area contributed by atoms with Crippen molar-refractivity contribution in [3.05, 3.63) is 69.9 Å². The molecule has 2 N–H and O–H groups in total. The lowest BCUT2D eigenvalue weighted by Crippen LogP contribution is -2.53. The standard InChI is InChI=1S/C37H46N4O7S/c1-23(42)38-27-13-11-24-21-33(46-3)35(47-4)36(48-5)34(24)25-12-14-28(31(43)22-26(25)27)39-29(15-20-49-6)37(44)41-18-16-40(17-19-41)30-9-7-8-10-32(30)45-2/h7-10,12,14,21-22,27,29H,11,13,15-20H2,1-6H3,(H,38,42)(H,39,43). The van der Waals surface area contributed by atoms with Gasteiger partial charge in [0.2, 0.25) is 23.0 Å². The van der Waals surface area contributed by atoms with Gasteiger partial charge in [-0.1, -0.05) is 18.2 Å². The van der Waals surface area contributed by atoms with Crippen molar-refractivity contribution >= 4 is 35.0 Å². The maximum Gasteiger partial charge on any atom is 0.245 e. The summed E-state index contributed by atoms with van der Waals surface area (Å²) in [6.07, 6.45) is 3.71. The molecular weight excluding hydrogens is 644 g/mol. The van der Waals surface area contributed by atoms with Crippen LogP contribution >= 0.6 is 11.8 Å². The van der Waals surface area contributed by atoms with Crippen LogP contribution in [-0.4, -0.2) is 89.4 Å². The Bertz CT molecular complexity index is 1730. The van der Waals surface area contributed by atoms with Crippen molar-refractivity contribution in [2.75, 3.05) is 76.8 Å². The number of ether oxygens (including phenoxy) is 4. The van der Waals surface area contributed by atoms with Gasteiger partial charge in [-0.05, 0) is 78.3 Å². The number of aryl methyl sites for hydroxylation is 1. The second-order valence-electron chi connectivity index (χ2n) is 12.1. The van der Waals surface area contributed by atoms with Crippen LogP contribution in [0.3, 0.4) is 0 Å². The van der Waals surface area contributed by atoms with Crippen molar-refractivity contribution in [1.82, 2.24) is 10.2 Å². The van der Waals surface area contributed by atoms with E-state index in [0.29, 0.717) is 73.9 Å². The number of nitrogens with one attached hydrogen (secondary N) is 2. The van der Waals surface area contributed by atoms with E-state index < -0.39 is 12.1 Å². The van der Waals surface area contributed by atoms with Crippen molar-refractivity contribution in [3.63, 3.8) is 0 Å². The average Bonchev–Trinajstić information content (AvgIpc) is 3.36. The molecule has 0 radical (unpaired) electrons. The minimum absolute atomic E-state index is 0.0406. The lowest BCUT2D eigenvalue weighted by molar-refractivity contribution is -0.132.